The van der Waals surface area contributed by atoms with E-state index < -0.39 is 0 Å². The Bertz CT molecular complexity index is 850. The van der Waals surface area contributed by atoms with Crippen molar-refractivity contribution in [2.45, 2.75) is 20.4 Å². The molecule has 3 rings (SSSR count). The molecule has 0 saturated heterocycles. The van der Waals surface area contributed by atoms with E-state index in [0.29, 0.717) is 23.9 Å². The molecule has 0 atom stereocenters. The fourth-order valence-corrected chi connectivity index (χ4v) is 2.35. The molecule has 3 aromatic rings. The number of nitrogens with zero attached hydrogens (tertiary/aromatic N) is 3. The van der Waals surface area contributed by atoms with Gasteiger partial charge in [-0.2, -0.15) is 10.1 Å². The van der Waals surface area contributed by atoms with E-state index in [2.05, 4.69) is 31.9 Å². The number of benzene rings is 2. The molecule has 0 bridgehead atoms. The lowest BCUT2D eigenvalue weighted by molar-refractivity contribution is 0.612. The van der Waals surface area contributed by atoms with Crippen LogP contribution >= 0.6 is 0 Å². The summed E-state index contributed by atoms with van der Waals surface area (Å²) in [6.45, 7) is 4.37. The summed E-state index contributed by atoms with van der Waals surface area (Å²) in [5.74, 6) is 0.656. The van der Waals surface area contributed by atoms with E-state index in [1.807, 2.05) is 26.0 Å². The first-order valence-corrected chi connectivity index (χ1v) is 7.63. The lowest BCUT2D eigenvalue weighted by atomic mass is 10.1. The first-order valence-electron chi connectivity index (χ1n) is 7.63. The number of aromatic nitrogens is 3. The van der Waals surface area contributed by atoms with Crippen LogP contribution in [0, 0.1) is 19.7 Å². The molecular weight excluding hydrogens is 305 g/mol. The van der Waals surface area contributed by atoms with Crippen molar-refractivity contribution in [1.82, 2.24) is 15.2 Å². The molecule has 6 heteroatoms. The number of halogens is 1. The fourth-order valence-electron chi connectivity index (χ4n) is 2.35. The molecule has 0 radical (unpaired) electrons. The Morgan fingerprint density at radius 3 is 2.71 bits per heavy atom. The smallest absolute Gasteiger partial charge is 0.244 e. The monoisotopic (exact) mass is 323 g/mol. The third-order valence-electron chi connectivity index (χ3n) is 3.60. The second-order valence-electron chi connectivity index (χ2n) is 5.55. The molecule has 0 fully saturated rings. The van der Waals surface area contributed by atoms with Gasteiger partial charge in [0, 0.05) is 17.8 Å². The third kappa shape index (κ3) is 3.84. The number of hydrogen-bond donors (Lipinski definition) is 2. The van der Waals surface area contributed by atoms with Gasteiger partial charge in [0.05, 0.1) is 6.20 Å². The fraction of sp³-hybridized carbons (Fsp3) is 0.167. The Kier molecular flexibility index (Phi) is 4.65. The summed E-state index contributed by atoms with van der Waals surface area (Å²) >= 11 is 0. The van der Waals surface area contributed by atoms with Gasteiger partial charge in [0.2, 0.25) is 5.95 Å². The van der Waals surface area contributed by atoms with Crippen LogP contribution in [0.1, 0.15) is 16.7 Å². The minimum absolute atomic E-state index is 0.262. The molecule has 0 spiro atoms. The standard InChI is InChI=1S/C18H18FN5/c1-12-7-8-16(13(2)9-12)22-17-11-21-24-18(23-17)20-10-14-5-3-4-6-15(14)19/h3-9,11H,10H2,1-2H3,(H2,20,22,23,24). The SMILES string of the molecule is Cc1ccc(Nc2cnnc(NCc3ccccc3F)n2)c(C)c1. The van der Waals surface area contributed by atoms with Crippen LogP contribution in [0.15, 0.2) is 48.7 Å². The van der Waals surface area contributed by atoms with Crippen molar-refractivity contribution in [3.05, 3.63) is 71.2 Å². The second-order valence-corrected chi connectivity index (χ2v) is 5.55. The normalized spacial score (nSPS) is 10.5. The number of rotatable bonds is 5. The Labute approximate surface area is 140 Å². The van der Waals surface area contributed by atoms with Crippen molar-refractivity contribution in [3.8, 4) is 0 Å². The van der Waals surface area contributed by atoms with Crippen molar-refractivity contribution >= 4 is 17.5 Å². The summed E-state index contributed by atoms with van der Waals surface area (Å²) in [4.78, 5) is 4.36. The molecule has 0 aliphatic rings. The van der Waals surface area contributed by atoms with Gasteiger partial charge in [0.25, 0.3) is 0 Å². The van der Waals surface area contributed by atoms with E-state index >= 15 is 0 Å². The van der Waals surface area contributed by atoms with Crippen LogP contribution in [-0.2, 0) is 6.54 Å². The largest absolute Gasteiger partial charge is 0.349 e. The molecule has 2 aromatic carbocycles. The quantitative estimate of drug-likeness (QED) is 0.743. The van der Waals surface area contributed by atoms with Gasteiger partial charge in [0.15, 0.2) is 5.82 Å². The van der Waals surface area contributed by atoms with Crippen LogP contribution in [0.25, 0.3) is 0 Å². The molecule has 5 nitrogen and oxygen atoms in total. The maximum absolute atomic E-state index is 13.6. The van der Waals surface area contributed by atoms with E-state index in [-0.39, 0.29) is 5.82 Å². The topological polar surface area (TPSA) is 62.7 Å². The van der Waals surface area contributed by atoms with Gasteiger partial charge in [-0.3, -0.25) is 0 Å². The first kappa shape index (κ1) is 15.9. The van der Waals surface area contributed by atoms with Crippen LogP contribution in [-0.4, -0.2) is 15.2 Å². The molecule has 0 aliphatic carbocycles. The van der Waals surface area contributed by atoms with Crippen molar-refractivity contribution < 1.29 is 4.39 Å². The van der Waals surface area contributed by atoms with Gasteiger partial charge in [-0.25, -0.2) is 4.39 Å². The van der Waals surface area contributed by atoms with E-state index in [4.69, 9.17) is 0 Å². The zero-order chi connectivity index (χ0) is 16.9. The number of nitrogens with one attached hydrogen (secondary N) is 2. The third-order valence-corrected chi connectivity index (χ3v) is 3.60. The van der Waals surface area contributed by atoms with Crippen molar-refractivity contribution in [2.24, 2.45) is 0 Å². The lowest BCUT2D eigenvalue weighted by Crippen LogP contribution is -2.07. The van der Waals surface area contributed by atoms with E-state index in [1.165, 1.54) is 11.6 Å². The number of aryl methyl sites for hydroxylation is 2. The summed E-state index contributed by atoms with van der Waals surface area (Å²) < 4.78 is 13.6. The predicted molar refractivity (Wildman–Crippen MR) is 92.8 cm³/mol. The highest BCUT2D eigenvalue weighted by atomic mass is 19.1. The number of hydrogen-bond acceptors (Lipinski definition) is 5. The van der Waals surface area contributed by atoms with Gasteiger partial charge in [-0.05, 0) is 31.5 Å². The van der Waals surface area contributed by atoms with Gasteiger partial charge in [-0.1, -0.05) is 35.9 Å². The number of anilines is 3. The Morgan fingerprint density at radius 1 is 1.08 bits per heavy atom. The van der Waals surface area contributed by atoms with Crippen LogP contribution < -0.4 is 10.6 Å². The summed E-state index contributed by atoms with van der Waals surface area (Å²) in [5, 5.41) is 14.1. The highest BCUT2D eigenvalue weighted by Gasteiger charge is 2.05. The van der Waals surface area contributed by atoms with Crippen LogP contribution in [0.4, 0.5) is 21.8 Å². The molecule has 0 amide bonds. The molecule has 122 valence electrons. The van der Waals surface area contributed by atoms with Gasteiger partial charge >= 0.3 is 0 Å². The molecule has 0 saturated carbocycles. The maximum atomic E-state index is 13.6. The summed E-state index contributed by atoms with van der Waals surface area (Å²) in [6.07, 6.45) is 1.55. The van der Waals surface area contributed by atoms with Gasteiger partial charge < -0.3 is 10.6 Å². The predicted octanol–water partition coefficient (Wildman–Crippen LogP) is 3.98. The molecule has 2 N–H and O–H groups in total. The molecule has 24 heavy (non-hydrogen) atoms. The van der Waals surface area contributed by atoms with Crippen LogP contribution in [0.3, 0.4) is 0 Å². The maximum Gasteiger partial charge on any atom is 0.244 e. The zero-order valence-corrected chi connectivity index (χ0v) is 13.5. The minimum atomic E-state index is -0.262. The molecule has 1 heterocycles. The van der Waals surface area contributed by atoms with Crippen LogP contribution in [0.5, 0.6) is 0 Å². The minimum Gasteiger partial charge on any atom is -0.349 e. The average Bonchev–Trinajstić information content (AvgIpc) is 2.57. The summed E-state index contributed by atoms with van der Waals surface area (Å²) in [5.41, 5.74) is 3.83. The van der Waals surface area contributed by atoms with E-state index in [0.717, 1.165) is 11.3 Å². The van der Waals surface area contributed by atoms with Crippen molar-refractivity contribution in [1.29, 1.82) is 0 Å². The Balaban J connectivity index is 1.71. The highest BCUT2D eigenvalue weighted by molar-refractivity contribution is 5.60. The average molecular weight is 323 g/mol. The molecule has 0 unspecified atom stereocenters. The van der Waals surface area contributed by atoms with Gasteiger partial charge in [0.1, 0.15) is 5.82 Å². The Morgan fingerprint density at radius 2 is 1.92 bits per heavy atom. The van der Waals surface area contributed by atoms with E-state index in [1.54, 1.807) is 24.4 Å². The van der Waals surface area contributed by atoms with Crippen LogP contribution in [0.2, 0.25) is 0 Å². The molecular formula is C18H18FN5. The Hall–Kier alpha value is -3.02. The van der Waals surface area contributed by atoms with E-state index in [9.17, 15) is 4.39 Å². The van der Waals surface area contributed by atoms with Crippen molar-refractivity contribution in [2.75, 3.05) is 10.6 Å². The summed E-state index contributed by atoms with van der Waals surface area (Å²) in [6, 6.07) is 12.7. The highest BCUT2D eigenvalue weighted by Crippen LogP contribution is 2.20. The second kappa shape index (κ2) is 7.04. The summed E-state index contributed by atoms with van der Waals surface area (Å²) in [7, 11) is 0. The molecule has 0 aliphatic heterocycles. The molecule has 1 aromatic heterocycles. The lowest BCUT2D eigenvalue weighted by Gasteiger charge is -2.10. The first-order chi connectivity index (χ1) is 11.6. The zero-order valence-electron chi connectivity index (χ0n) is 13.5. The van der Waals surface area contributed by atoms with Gasteiger partial charge in [-0.15, -0.1) is 5.10 Å². The van der Waals surface area contributed by atoms with Crippen molar-refractivity contribution in [3.63, 3.8) is 0 Å².